The van der Waals surface area contributed by atoms with Crippen LogP contribution < -0.4 is 5.32 Å². The molecule has 1 atom stereocenters. The van der Waals surface area contributed by atoms with Gasteiger partial charge in [-0.05, 0) is 34.9 Å². The summed E-state index contributed by atoms with van der Waals surface area (Å²) < 4.78 is 33.5. The van der Waals surface area contributed by atoms with E-state index in [1.807, 2.05) is 24.3 Å². The zero-order valence-electron chi connectivity index (χ0n) is 13.6. The highest BCUT2D eigenvalue weighted by molar-refractivity contribution is 7.89. The van der Waals surface area contributed by atoms with Gasteiger partial charge in [-0.15, -0.1) is 0 Å². The number of ether oxygens (including phenoxy) is 1. The molecule has 1 saturated heterocycles. The van der Waals surface area contributed by atoms with Gasteiger partial charge in [0.2, 0.25) is 10.0 Å². The lowest BCUT2D eigenvalue weighted by molar-refractivity contribution is 0.134. The average Bonchev–Trinajstić information content (AvgIpc) is 3.10. The van der Waals surface area contributed by atoms with E-state index in [4.69, 9.17) is 16.3 Å². The minimum atomic E-state index is -3.62. The van der Waals surface area contributed by atoms with E-state index in [0.29, 0.717) is 42.8 Å². The number of fused-ring (bicyclic) bond motifs is 1. The lowest BCUT2D eigenvalue weighted by Gasteiger charge is -2.36. The van der Waals surface area contributed by atoms with Crippen LogP contribution in [0, 0.1) is 0 Å². The minimum absolute atomic E-state index is 0.315. The standard InChI is InChI=1S/C18H19ClN2O3S/c19-17-4-2-1-3-16(17)18-10-20-7-8-21(18)25(22,23)15-6-5-13-11-24-12-14(13)9-15/h1-6,9,18,20H,7-8,10-12H2. The number of piperazine rings is 1. The Balaban J connectivity index is 1.73. The van der Waals surface area contributed by atoms with E-state index < -0.39 is 10.0 Å². The van der Waals surface area contributed by atoms with Crippen LogP contribution in [-0.2, 0) is 28.0 Å². The van der Waals surface area contributed by atoms with Crippen molar-refractivity contribution in [2.24, 2.45) is 0 Å². The monoisotopic (exact) mass is 378 g/mol. The van der Waals surface area contributed by atoms with Crippen LogP contribution in [0.15, 0.2) is 47.4 Å². The van der Waals surface area contributed by atoms with E-state index in [2.05, 4.69) is 5.32 Å². The van der Waals surface area contributed by atoms with E-state index in [-0.39, 0.29) is 6.04 Å². The highest BCUT2D eigenvalue weighted by atomic mass is 35.5. The zero-order chi connectivity index (χ0) is 17.4. The second-order valence-electron chi connectivity index (χ2n) is 6.28. The van der Waals surface area contributed by atoms with Crippen molar-refractivity contribution in [2.75, 3.05) is 19.6 Å². The summed E-state index contributed by atoms with van der Waals surface area (Å²) in [6.07, 6.45) is 0. The molecule has 1 unspecified atom stereocenters. The summed E-state index contributed by atoms with van der Waals surface area (Å²) >= 11 is 6.33. The van der Waals surface area contributed by atoms with E-state index >= 15 is 0 Å². The molecule has 4 rings (SSSR count). The predicted octanol–water partition coefficient (Wildman–Crippen LogP) is 2.71. The molecule has 5 nitrogen and oxygen atoms in total. The molecule has 2 aliphatic rings. The largest absolute Gasteiger partial charge is 0.372 e. The molecule has 0 saturated carbocycles. The van der Waals surface area contributed by atoms with Gasteiger partial charge >= 0.3 is 0 Å². The van der Waals surface area contributed by atoms with Gasteiger partial charge in [0.05, 0.1) is 24.2 Å². The van der Waals surface area contributed by atoms with Crippen LogP contribution in [0.25, 0.3) is 0 Å². The molecule has 1 fully saturated rings. The molecule has 7 heteroatoms. The van der Waals surface area contributed by atoms with Crippen LogP contribution in [0.1, 0.15) is 22.7 Å². The summed E-state index contributed by atoms with van der Waals surface area (Å²) in [7, 11) is -3.62. The highest BCUT2D eigenvalue weighted by Gasteiger charge is 2.35. The summed E-state index contributed by atoms with van der Waals surface area (Å²) in [6, 6.07) is 12.4. The topological polar surface area (TPSA) is 58.6 Å². The van der Waals surface area contributed by atoms with Crippen molar-refractivity contribution in [1.29, 1.82) is 0 Å². The van der Waals surface area contributed by atoms with Crippen LogP contribution in [0.2, 0.25) is 5.02 Å². The third-order valence-corrected chi connectivity index (χ3v) is 7.01. The molecule has 0 aliphatic carbocycles. The molecule has 132 valence electrons. The number of nitrogens with one attached hydrogen (secondary N) is 1. The summed E-state index contributed by atoms with van der Waals surface area (Å²) in [5, 5.41) is 3.85. The van der Waals surface area contributed by atoms with Crippen LogP contribution >= 0.6 is 11.6 Å². The number of benzene rings is 2. The number of nitrogens with zero attached hydrogens (tertiary/aromatic N) is 1. The highest BCUT2D eigenvalue weighted by Crippen LogP contribution is 2.33. The maximum atomic E-state index is 13.3. The molecule has 0 amide bonds. The molecule has 0 spiro atoms. The quantitative estimate of drug-likeness (QED) is 0.892. The second-order valence-corrected chi connectivity index (χ2v) is 8.58. The Labute approximate surface area is 152 Å². The smallest absolute Gasteiger partial charge is 0.243 e. The molecule has 2 heterocycles. The van der Waals surface area contributed by atoms with Crippen molar-refractivity contribution in [2.45, 2.75) is 24.2 Å². The van der Waals surface area contributed by atoms with Gasteiger partial charge in [0.25, 0.3) is 0 Å². The van der Waals surface area contributed by atoms with Crippen molar-refractivity contribution >= 4 is 21.6 Å². The van der Waals surface area contributed by atoms with E-state index in [1.165, 1.54) is 0 Å². The first-order valence-corrected chi connectivity index (χ1v) is 10.1. The lowest BCUT2D eigenvalue weighted by atomic mass is 10.1. The molecule has 2 aromatic rings. The molecule has 0 aromatic heterocycles. The number of sulfonamides is 1. The molecule has 1 N–H and O–H groups in total. The fourth-order valence-electron chi connectivity index (χ4n) is 3.43. The summed E-state index contributed by atoms with van der Waals surface area (Å²) in [5.41, 5.74) is 2.83. The number of rotatable bonds is 3. The number of hydrogen-bond acceptors (Lipinski definition) is 4. The van der Waals surface area contributed by atoms with Crippen molar-refractivity contribution in [3.05, 3.63) is 64.2 Å². The van der Waals surface area contributed by atoms with E-state index in [9.17, 15) is 8.42 Å². The average molecular weight is 379 g/mol. The number of halogens is 1. The first-order chi connectivity index (χ1) is 12.1. The molecule has 0 radical (unpaired) electrons. The van der Waals surface area contributed by atoms with Gasteiger partial charge in [0.1, 0.15) is 0 Å². The van der Waals surface area contributed by atoms with Gasteiger partial charge in [-0.1, -0.05) is 35.9 Å². The molecule has 0 bridgehead atoms. The Morgan fingerprint density at radius 1 is 1.12 bits per heavy atom. The van der Waals surface area contributed by atoms with Crippen LogP contribution in [0.5, 0.6) is 0 Å². The van der Waals surface area contributed by atoms with Gasteiger partial charge < -0.3 is 10.1 Å². The van der Waals surface area contributed by atoms with Crippen molar-refractivity contribution in [3.63, 3.8) is 0 Å². The summed E-state index contributed by atoms with van der Waals surface area (Å²) in [6.45, 7) is 2.58. The first kappa shape index (κ1) is 17.0. The van der Waals surface area contributed by atoms with Gasteiger partial charge in [-0.25, -0.2) is 8.42 Å². The third kappa shape index (κ3) is 3.09. The molecule has 2 aromatic carbocycles. The summed E-state index contributed by atoms with van der Waals surface area (Å²) in [5.74, 6) is 0. The predicted molar refractivity (Wildman–Crippen MR) is 95.9 cm³/mol. The molecule has 2 aliphatic heterocycles. The van der Waals surface area contributed by atoms with Gasteiger partial charge in [-0.2, -0.15) is 4.31 Å². The Hall–Kier alpha value is -1.44. The lowest BCUT2D eigenvalue weighted by Crippen LogP contribution is -2.48. The molecular weight excluding hydrogens is 360 g/mol. The van der Waals surface area contributed by atoms with E-state index in [1.54, 1.807) is 22.5 Å². The van der Waals surface area contributed by atoms with Crippen LogP contribution in [0.4, 0.5) is 0 Å². The second kappa shape index (κ2) is 6.70. The van der Waals surface area contributed by atoms with Gasteiger partial charge in [-0.3, -0.25) is 0 Å². The number of hydrogen-bond donors (Lipinski definition) is 1. The van der Waals surface area contributed by atoms with Crippen molar-refractivity contribution in [1.82, 2.24) is 9.62 Å². The maximum Gasteiger partial charge on any atom is 0.243 e. The first-order valence-electron chi connectivity index (χ1n) is 8.24. The van der Waals surface area contributed by atoms with E-state index in [0.717, 1.165) is 16.7 Å². The Kier molecular flexibility index (Phi) is 4.56. The normalized spacial score (nSPS) is 21.2. The van der Waals surface area contributed by atoms with Crippen LogP contribution in [0.3, 0.4) is 0 Å². The molecular formula is C18H19ClN2O3S. The SMILES string of the molecule is O=S(=O)(c1ccc2c(c1)COC2)N1CCNCC1c1ccccc1Cl. The minimum Gasteiger partial charge on any atom is -0.372 e. The fourth-order valence-corrected chi connectivity index (χ4v) is 5.35. The van der Waals surface area contributed by atoms with Crippen molar-refractivity contribution < 1.29 is 13.2 Å². The molecule has 25 heavy (non-hydrogen) atoms. The van der Waals surface area contributed by atoms with Crippen LogP contribution in [-0.4, -0.2) is 32.4 Å². The summed E-state index contributed by atoms with van der Waals surface area (Å²) in [4.78, 5) is 0.315. The van der Waals surface area contributed by atoms with Gasteiger partial charge in [0, 0.05) is 24.7 Å². The van der Waals surface area contributed by atoms with Gasteiger partial charge in [0.15, 0.2) is 0 Å². The Morgan fingerprint density at radius 3 is 2.76 bits per heavy atom. The zero-order valence-corrected chi connectivity index (χ0v) is 15.2. The maximum absolute atomic E-state index is 13.3. The van der Waals surface area contributed by atoms with Crippen molar-refractivity contribution in [3.8, 4) is 0 Å². The third-order valence-electron chi connectivity index (χ3n) is 4.76. The Morgan fingerprint density at radius 2 is 1.92 bits per heavy atom. The Bertz CT molecular complexity index is 901. The fraction of sp³-hybridized carbons (Fsp3) is 0.333.